The average molecular weight is 334 g/mol. The maximum Gasteiger partial charge on any atom is 0.274 e. The molecule has 0 saturated carbocycles. The maximum atomic E-state index is 12.8. The van der Waals surface area contributed by atoms with Crippen molar-refractivity contribution in [1.29, 1.82) is 0 Å². The predicted molar refractivity (Wildman–Crippen MR) is 89.2 cm³/mol. The van der Waals surface area contributed by atoms with E-state index in [1.165, 1.54) is 0 Å². The lowest BCUT2D eigenvalue weighted by atomic mass is 10.2. The van der Waals surface area contributed by atoms with Gasteiger partial charge in [-0.1, -0.05) is 11.6 Å². The number of aromatic nitrogens is 3. The van der Waals surface area contributed by atoms with Gasteiger partial charge in [0.15, 0.2) is 5.82 Å². The molecule has 3 heterocycles. The molecule has 1 fully saturated rings. The second kappa shape index (κ2) is 6.29. The highest BCUT2D eigenvalue weighted by molar-refractivity contribution is 6.33. The Hall–Kier alpha value is -1.92. The first-order valence-corrected chi connectivity index (χ1v) is 8.07. The predicted octanol–water partition coefficient (Wildman–Crippen LogP) is 1.97. The van der Waals surface area contributed by atoms with Crippen LogP contribution in [-0.2, 0) is 0 Å². The fourth-order valence-electron chi connectivity index (χ4n) is 2.84. The highest BCUT2D eigenvalue weighted by Crippen LogP contribution is 2.20. The third-order valence-corrected chi connectivity index (χ3v) is 4.33. The van der Waals surface area contributed by atoms with Gasteiger partial charge in [0.25, 0.3) is 5.91 Å². The smallest absolute Gasteiger partial charge is 0.274 e. The van der Waals surface area contributed by atoms with Crippen LogP contribution in [0.15, 0.2) is 18.2 Å². The molecule has 7 heteroatoms. The van der Waals surface area contributed by atoms with Gasteiger partial charge in [-0.15, -0.1) is 0 Å². The molecule has 1 unspecified atom stereocenters. The fraction of sp³-hybridized carbons (Fsp3) is 0.438. The van der Waals surface area contributed by atoms with Gasteiger partial charge in [0, 0.05) is 31.4 Å². The normalized spacial score (nSPS) is 18.3. The molecule has 1 amide bonds. The molecule has 0 bridgehead atoms. The third kappa shape index (κ3) is 3.09. The molecular formula is C16H20ClN5O. The summed E-state index contributed by atoms with van der Waals surface area (Å²) in [4.78, 5) is 19.1. The van der Waals surface area contributed by atoms with E-state index in [0.717, 1.165) is 24.5 Å². The quantitative estimate of drug-likeness (QED) is 0.912. The van der Waals surface area contributed by atoms with Crippen LogP contribution in [0.5, 0.6) is 0 Å². The van der Waals surface area contributed by atoms with Crippen LogP contribution < -0.4 is 5.32 Å². The Kier molecular flexibility index (Phi) is 4.37. The van der Waals surface area contributed by atoms with Gasteiger partial charge < -0.3 is 10.2 Å². The van der Waals surface area contributed by atoms with Crippen molar-refractivity contribution in [2.75, 3.05) is 19.6 Å². The number of hydrogen-bond acceptors (Lipinski definition) is 4. The molecule has 122 valence electrons. The van der Waals surface area contributed by atoms with E-state index in [4.69, 9.17) is 11.6 Å². The first-order valence-electron chi connectivity index (χ1n) is 7.69. The number of rotatable bonds is 2. The lowest BCUT2D eigenvalue weighted by Crippen LogP contribution is -2.52. The summed E-state index contributed by atoms with van der Waals surface area (Å²) in [5.74, 6) is 0.471. The molecular weight excluding hydrogens is 314 g/mol. The Morgan fingerprint density at radius 1 is 1.39 bits per heavy atom. The van der Waals surface area contributed by atoms with Crippen LogP contribution in [0.4, 0.5) is 0 Å². The zero-order valence-electron chi connectivity index (χ0n) is 13.5. The van der Waals surface area contributed by atoms with E-state index in [1.807, 2.05) is 31.7 Å². The summed E-state index contributed by atoms with van der Waals surface area (Å²) in [5, 5.41) is 8.05. The molecule has 23 heavy (non-hydrogen) atoms. The summed E-state index contributed by atoms with van der Waals surface area (Å²) in [6, 6.07) is 5.57. The summed E-state index contributed by atoms with van der Waals surface area (Å²) < 4.78 is 1.73. The van der Waals surface area contributed by atoms with Crippen LogP contribution >= 0.6 is 11.6 Å². The van der Waals surface area contributed by atoms with E-state index in [0.29, 0.717) is 17.4 Å². The zero-order chi connectivity index (χ0) is 16.6. The lowest BCUT2D eigenvalue weighted by Gasteiger charge is -2.33. The van der Waals surface area contributed by atoms with Gasteiger partial charge in [-0.3, -0.25) is 4.79 Å². The Balaban J connectivity index is 1.97. The molecule has 1 aliphatic heterocycles. The van der Waals surface area contributed by atoms with Gasteiger partial charge >= 0.3 is 0 Å². The molecule has 0 spiro atoms. The van der Waals surface area contributed by atoms with E-state index in [2.05, 4.69) is 15.4 Å². The van der Waals surface area contributed by atoms with Crippen molar-refractivity contribution in [2.24, 2.45) is 0 Å². The van der Waals surface area contributed by atoms with Crippen LogP contribution in [0.1, 0.15) is 28.8 Å². The SMILES string of the molecule is Cc1cc(C)n(-c2ccc(Cl)c(C(=O)N3CCNCC3C)n2)n1. The van der Waals surface area contributed by atoms with Gasteiger partial charge in [0.1, 0.15) is 5.69 Å². The van der Waals surface area contributed by atoms with E-state index in [9.17, 15) is 4.79 Å². The Bertz CT molecular complexity index is 742. The topological polar surface area (TPSA) is 63.1 Å². The van der Waals surface area contributed by atoms with Crippen molar-refractivity contribution >= 4 is 17.5 Å². The van der Waals surface area contributed by atoms with Crippen molar-refractivity contribution in [3.8, 4) is 5.82 Å². The van der Waals surface area contributed by atoms with E-state index < -0.39 is 0 Å². The molecule has 2 aromatic heterocycles. The maximum absolute atomic E-state index is 12.8. The van der Waals surface area contributed by atoms with Crippen LogP contribution in [0.25, 0.3) is 5.82 Å². The van der Waals surface area contributed by atoms with E-state index >= 15 is 0 Å². The molecule has 6 nitrogen and oxygen atoms in total. The molecule has 0 aromatic carbocycles. The fourth-order valence-corrected chi connectivity index (χ4v) is 3.03. The number of carbonyl (C=O) groups is 1. The number of halogens is 1. The second-order valence-corrected chi connectivity index (χ2v) is 6.30. The van der Waals surface area contributed by atoms with Crippen LogP contribution in [0, 0.1) is 13.8 Å². The van der Waals surface area contributed by atoms with Crippen molar-refractivity contribution < 1.29 is 4.79 Å². The minimum atomic E-state index is -0.132. The summed E-state index contributed by atoms with van der Waals surface area (Å²) in [7, 11) is 0. The van der Waals surface area contributed by atoms with Gasteiger partial charge in [-0.2, -0.15) is 5.10 Å². The lowest BCUT2D eigenvalue weighted by molar-refractivity contribution is 0.0650. The number of hydrogen-bond donors (Lipinski definition) is 1. The minimum absolute atomic E-state index is 0.117. The van der Waals surface area contributed by atoms with Gasteiger partial charge in [0.05, 0.1) is 10.7 Å². The van der Waals surface area contributed by atoms with Crippen molar-refractivity contribution in [2.45, 2.75) is 26.8 Å². The van der Waals surface area contributed by atoms with Gasteiger partial charge in [-0.25, -0.2) is 9.67 Å². The largest absolute Gasteiger partial charge is 0.332 e. The zero-order valence-corrected chi connectivity index (χ0v) is 14.3. The van der Waals surface area contributed by atoms with Gasteiger partial charge in [-0.05, 0) is 39.0 Å². The Morgan fingerprint density at radius 3 is 2.83 bits per heavy atom. The third-order valence-electron chi connectivity index (χ3n) is 4.02. The Labute approximate surface area is 140 Å². The highest BCUT2D eigenvalue weighted by atomic mass is 35.5. The number of aryl methyl sites for hydroxylation is 2. The van der Waals surface area contributed by atoms with E-state index in [1.54, 1.807) is 16.8 Å². The summed E-state index contributed by atoms with van der Waals surface area (Å²) >= 11 is 6.24. The van der Waals surface area contributed by atoms with Crippen molar-refractivity contribution in [1.82, 2.24) is 25.0 Å². The molecule has 1 aliphatic rings. The summed E-state index contributed by atoms with van der Waals surface area (Å²) in [5.41, 5.74) is 2.15. The average Bonchev–Trinajstić information content (AvgIpc) is 2.86. The summed E-state index contributed by atoms with van der Waals surface area (Å²) in [6.07, 6.45) is 0. The molecule has 0 aliphatic carbocycles. The molecule has 3 rings (SSSR count). The molecule has 1 atom stereocenters. The molecule has 2 aromatic rings. The van der Waals surface area contributed by atoms with Crippen LogP contribution in [0.2, 0.25) is 5.02 Å². The standard InChI is InChI=1S/C16H20ClN5O/c1-10-8-11(2)22(20-10)14-5-4-13(17)15(19-14)16(23)21-7-6-18-9-12(21)3/h4-5,8,12,18H,6-7,9H2,1-3H3. The number of nitrogens with zero attached hydrogens (tertiary/aromatic N) is 4. The highest BCUT2D eigenvalue weighted by Gasteiger charge is 2.27. The number of pyridine rings is 1. The van der Waals surface area contributed by atoms with Crippen LogP contribution in [-0.4, -0.2) is 51.2 Å². The molecule has 1 saturated heterocycles. The number of carbonyl (C=O) groups excluding carboxylic acids is 1. The Morgan fingerprint density at radius 2 is 2.17 bits per heavy atom. The number of piperazine rings is 1. The van der Waals surface area contributed by atoms with E-state index in [-0.39, 0.29) is 17.6 Å². The summed E-state index contributed by atoms with van der Waals surface area (Å²) in [6.45, 7) is 8.11. The van der Waals surface area contributed by atoms with Crippen molar-refractivity contribution in [3.05, 3.63) is 40.3 Å². The monoisotopic (exact) mass is 333 g/mol. The number of amides is 1. The second-order valence-electron chi connectivity index (χ2n) is 5.89. The molecule has 1 N–H and O–H groups in total. The van der Waals surface area contributed by atoms with Crippen molar-refractivity contribution in [3.63, 3.8) is 0 Å². The van der Waals surface area contributed by atoms with Gasteiger partial charge in [0.2, 0.25) is 0 Å². The first-order chi connectivity index (χ1) is 11.0. The first kappa shape index (κ1) is 16.0. The number of nitrogens with one attached hydrogen (secondary N) is 1. The van der Waals surface area contributed by atoms with Crippen LogP contribution in [0.3, 0.4) is 0 Å². The minimum Gasteiger partial charge on any atom is -0.332 e. The molecule has 0 radical (unpaired) electrons.